The maximum Gasteiger partial charge on any atom is 0.404 e. The molecule has 3 N–H and O–H groups in total. The lowest BCUT2D eigenvalue weighted by Crippen LogP contribution is -2.23. The smallest absolute Gasteiger partial charge is 0.404 e. The largest absolute Gasteiger partial charge is 0.448 e. The number of fused-ring (bicyclic) bond motifs is 1. The Morgan fingerprint density at radius 1 is 1.39 bits per heavy atom. The second-order valence-corrected chi connectivity index (χ2v) is 3.87. The van der Waals surface area contributed by atoms with E-state index in [1.807, 2.05) is 24.3 Å². The minimum absolute atomic E-state index is 0.282. The molecule has 18 heavy (non-hydrogen) atoms. The SMILES string of the molecule is NC(=O)OCCNCc1ccc2ncccc2c1. The normalized spacial score (nSPS) is 10.4. The van der Waals surface area contributed by atoms with E-state index in [2.05, 4.69) is 21.1 Å². The molecular weight excluding hydrogens is 230 g/mol. The number of hydrogen-bond donors (Lipinski definition) is 2. The van der Waals surface area contributed by atoms with Crippen molar-refractivity contribution < 1.29 is 9.53 Å². The number of benzene rings is 1. The Hall–Kier alpha value is -2.14. The fraction of sp³-hybridized carbons (Fsp3) is 0.231. The number of ether oxygens (including phenoxy) is 1. The summed E-state index contributed by atoms with van der Waals surface area (Å²) in [6.45, 7) is 1.57. The number of carbonyl (C=O) groups is 1. The highest BCUT2D eigenvalue weighted by atomic mass is 16.5. The number of nitrogens with two attached hydrogens (primary N) is 1. The lowest BCUT2D eigenvalue weighted by molar-refractivity contribution is 0.157. The van der Waals surface area contributed by atoms with Gasteiger partial charge in [0.1, 0.15) is 6.61 Å². The molecule has 0 fully saturated rings. The summed E-state index contributed by atoms with van der Waals surface area (Å²) in [5, 5.41) is 4.28. The van der Waals surface area contributed by atoms with Crippen molar-refractivity contribution >= 4 is 17.0 Å². The standard InChI is InChI=1S/C13H15N3O2/c14-13(17)18-7-6-15-9-10-3-4-12-11(8-10)2-1-5-16-12/h1-5,8,15H,6-7,9H2,(H2,14,17). The first-order chi connectivity index (χ1) is 8.75. The van der Waals surface area contributed by atoms with Crippen LogP contribution in [0.1, 0.15) is 5.56 Å². The van der Waals surface area contributed by atoms with Crippen LogP contribution in [0.3, 0.4) is 0 Å². The molecule has 2 rings (SSSR count). The highest BCUT2D eigenvalue weighted by Crippen LogP contribution is 2.12. The summed E-state index contributed by atoms with van der Waals surface area (Å²) in [5.41, 5.74) is 7.00. The summed E-state index contributed by atoms with van der Waals surface area (Å²) in [6, 6.07) is 10.1. The summed E-state index contributed by atoms with van der Waals surface area (Å²) >= 11 is 0. The van der Waals surface area contributed by atoms with Gasteiger partial charge in [0.2, 0.25) is 0 Å². The molecule has 0 saturated carbocycles. The van der Waals surface area contributed by atoms with Crippen molar-refractivity contribution in [3.8, 4) is 0 Å². The minimum atomic E-state index is -0.742. The third-order valence-electron chi connectivity index (χ3n) is 2.52. The summed E-state index contributed by atoms with van der Waals surface area (Å²) in [6.07, 6.45) is 1.04. The molecule has 0 radical (unpaired) electrons. The van der Waals surface area contributed by atoms with E-state index < -0.39 is 6.09 Å². The number of aromatic nitrogens is 1. The Morgan fingerprint density at radius 2 is 2.28 bits per heavy atom. The first kappa shape index (κ1) is 12.3. The van der Waals surface area contributed by atoms with Crippen LogP contribution >= 0.6 is 0 Å². The van der Waals surface area contributed by atoms with Gasteiger partial charge in [-0.2, -0.15) is 0 Å². The van der Waals surface area contributed by atoms with Crippen molar-refractivity contribution in [2.75, 3.05) is 13.2 Å². The maximum absolute atomic E-state index is 10.3. The van der Waals surface area contributed by atoms with Gasteiger partial charge in [0.25, 0.3) is 0 Å². The Labute approximate surface area is 105 Å². The third kappa shape index (κ3) is 3.43. The van der Waals surface area contributed by atoms with Crippen LogP contribution in [0, 0.1) is 0 Å². The highest BCUT2D eigenvalue weighted by Gasteiger charge is 1.97. The average Bonchev–Trinajstić information content (AvgIpc) is 2.38. The van der Waals surface area contributed by atoms with Crippen LogP contribution in [0.2, 0.25) is 0 Å². The molecule has 94 valence electrons. The molecule has 0 atom stereocenters. The summed E-state index contributed by atoms with van der Waals surface area (Å²) < 4.78 is 4.62. The van der Waals surface area contributed by atoms with E-state index in [1.54, 1.807) is 6.20 Å². The molecule has 1 amide bonds. The first-order valence-corrected chi connectivity index (χ1v) is 5.72. The van der Waals surface area contributed by atoms with Crippen molar-refractivity contribution in [2.24, 2.45) is 5.73 Å². The Morgan fingerprint density at radius 3 is 3.11 bits per heavy atom. The zero-order valence-electron chi connectivity index (χ0n) is 9.93. The molecule has 0 spiro atoms. The summed E-state index contributed by atoms with van der Waals surface area (Å²) in [5.74, 6) is 0. The van der Waals surface area contributed by atoms with Gasteiger partial charge in [-0.1, -0.05) is 12.1 Å². The Bertz CT molecular complexity index is 543. The molecular formula is C13H15N3O2. The van der Waals surface area contributed by atoms with Crippen molar-refractivity contribution in [1.29, 1.82) is 0 Å². The van der Waals surface area contributed by atoms with Gasteiger partial charge in [0.05, 0.1) is 5.52 Å². The quantitative estimate of drug-likeness (QED) is 0.781. The van der Waals surface area contributed by atoms with Gasteiger partial charge < -0.3 is 15.8 Å². The molecule has 0 saturated heterocycles. The van der Waals surface area contributed by atoms with E-state index in [-0.39, 0.29) is 6.61 Å². The molecule has 0 bridgehead atoms. The molecule has 1 aromatic heterocycles. The van der Waals surface area contributed by atoms with Crippen LogP contribution in [0.25, 0.3) is 10.9 Å². The van der Waals surface area contributed by atoms with E-state index in [9.17, 15) is 4.79 Å². The molecule has 0 aliphatic heterocycles. The molecule has 0 unspecified atom stereocenters. The highest BCUT2D eigenvalue weighted by molar-refractivity contribution is 5.78. The van der Waals surface area contributed by atoms with Gasteiger partial charge in [0, 0.05) is 24.7 Å². The predicted molar refractivity (Wildman–Crippen MR) is 69.0 cm³/mol. The maximum atomic E-state index is 10.3. The van der Waals surface area contributed by atoms with Crippen molar-refractivity contribution in [3.63, 3.8) is 0 Å². The van der Waals surface area contributed by atoms with Gasteiger partial charge >= 0.3 is 6.09 Å². The van der Waals surface area contributed by atoms with Crippen molar-refractivity contribution in [2.45, 2.75) is 6.54 Å². The number of primary amides is 1. The number of carbonyl (C=O) groups excluding carboxylic acids is 1. The monoisotopic (exact) mass is 245 g/mol. The van der Waals surface area contributed by atoms with Gasteiger partial charge in [-0.3, -0.25) is 4.98 Å². The number of amides is 1. The van der Waals surface area contributed by atoms with E-state index in [0.717, 1.165) is 16.5 Å². The van der Waals surface area contributed by atoms with Crippen LogP contribution in [-0.2, 0) is 11.3 Å². The number of rotatable bonds is 5. The summed E-state index contributed by atoms with van der Waals surface area (Å²) in [4.78, 5) is 14.6. The van der Waals surface area contributed by atoms with Gasteiger partial charge in [-0.05, 0) is 23.8 Å². The Kier molecular flexibility index (Phi) is 4.09. The van der Waals surface area contributed by atoms with E-state index in [0.29, 0.717) is 13.1 Å². The first-order valence-electron chi connectivity index (χ1n) is 5.72. The van der Waals surface area contributed by atoms with E-state index in [1.165, 1.54) is 0 Å². The zero-order valence-corrected chi connectivity index (χ0v) is 9.93. The van der Waals surface area contributed by atoms with E-state index in [4.69, 9.17) is 5.73 Å². The van der Waals surface area contributed by atoms with Gasteiger partial charge in [-0.25, -0.2) is 4.79 Å². The number of hydrogen-bond acceptors (Lipinski definition) is 4. The van der Waals surface area contributed by atoms with Gasteiger partial charge in [-0.15, -0.1) is 0 Å². The number of nitrogens with one attached hydrogen (secondary N) is 1. The molecule has 5 nitrogen and oxygen atoms in total. The van der Waals surface area contributed by atoms with Crippen LogP contribution < -0.4 is 11.1 Å². The lowest BCUT2D eigenvalue weighted by Gasteiger charge is -2.06. The Balaban J connectivity index is 1.86. The fourth-order valence-electron chi connectivity index (χ4n) is 1.69. The molecule has 1 aromatic carbocycles. The van der Waals surface area contributed by atoms with Crippen LogP contribution in [0.4, 0.5) is 4.79 Å². The van der Waals surface area contributed by atoms with Crippen LogP contribution in [0.5, 0.6) is 0 Å². The summed E-state index contributed by atoms with van der Waals surface area (Å²) in [7, 11) is 0. The number of nitrogens with zero attached hydrogens (tertiary/aromatic N) is 1. The van der Waals surface area contributed by atoms with Crippen LogP contribution in [0.15, 0.2) is 36.5 Å². The van der Waals surface area contributed by atoms with Gasteiger partial charge in [0.15, 0.2) is 0 Å². The predicted octanol–water partition coefficient (Wildman–Crippen LogP) is 1.42. The fourth-order valence-corrected chi connectivity index (χ4v) is 1.69. The van der Waals surface area contributed by atoms with Crippen molar-refractivity contribution in [3.05, 3.63) is 42.1 Å². The van der Waals surface area contributed by atoms with Crippen molar-refractivity contribution in [1.82, 2.24) is 10.3 Å². The molecule has 2 aromatic rings. The van der Waals surface area contributed by atoms with Crippen LogP contribution in [-0.4, -0.2) is 24.2 Å². The topological polar surface area (TPSA) is 77.2 Å². The third-order valence-corrected chi connectivity index (χ3v) is 2.52. The molecule has 0 aliphatic rings. The average molecular weight is 245 g/mol. The molecule has 5 heteroatoms. The second-order valence-electron chi connectivity index (χ2n) is 3.87. The lowest BCUT2D eigenvalue weighted by atomic mass is 10.1. The second kappa shape index (κ2) is 5.97. The zero-order chi connectivity index (χ0) is 12.8. The minimum Gasteiger partial charge on any atom is -0.448 e. The number of pyridine rings is 1. The molecule has 1 heterocycles. The molecule has 0 aliphatic carbocycles. The van der Waals surface area contributed by atoms with E-state index >= 15 is 0 Å².